The minimum absolute atomic E-state index is 0.0458. The molecule has 4 N–H and O–H groups in total. The molecule has 0 heterocycles. The summed E-state index contributed by atoms with van der Waals surface area (Å²) in [5, 5.41) is 5.55. The van der Waals surface area contributed by atoms with Crippen LogP contribution in [0.2, 0.25) is 0 Å². The van der Waals surface area contributed by atoms with Gasteiger partial charge in [0.15, 0.2) is 0 Å². The van der Waals surface area contributed by atoms with Gasteiger partial charge in [-0.25, -0.2) is 4.79 Å². The number of likely N-dealkylation sites (N-methyl/N-ethyl adjacent to an activating group) is 1. The quantitative estimate of drug-likeness (QED) is 0.452. The van der Waals surface area contributed by atoms with E-state index in [-0.39, 0.29) is 12.8 Å². The smallest absolute Gasteiger partial charge is 0.408 e. The molecule has 2 unspecified atom stereocenters. The summed E-state index contributed by atoms with van der Waals surface area (Å²) in [6.45, 7) is 12.7. The molecule has 38 heavy (non-hydrogen) atoms. The number of primary amides is 1. The second-order valence-electron chi connectivity index (χ2n) is 10.7. The Kier molecular flexibility index (Phi) is 10.0. The summed E-state index contributed by atoms with van der Waals surface area (Å²) in [7, 11) is 1.50. The van der Waals surface area contributed by atoms with E-state index in [1.165, 1.54) is 11.9 Å². The standard InChI is InChI=1S/C29H40N4O5/c1-17-12-13-21(20(4)16-17)25(26(35)32-24-18(2)10-9-11-19(24)3)33(8)27(36)22(14-15-23(30)34)31-28(37)38-29(5,6)7/h9-13,16,22,25H,14-15H2,1-8H3,(H2,30,34)(H,31,37)(H,32,35). The molecule has 0 aromatic heterocycles. The molecule has 2 atom stereocenters. The van der Waals surface area contributed by atoms with Crippen LogP contribution in [0.15, 0.2) is 36.4 Å². The molecule has 0 bridgehead atoms. The molecule has 0 radical (unpaired) electrons. The van der Waals surface area contributed by atoms with Crippen molar-refractivity contribution in [3.05, 3.63) is 64.2 Å². The number of nitrogens with zero attached hydrogens (tertiary/aromatic N) is 1. The molecule has 0 aliphatic rings. The summed E-state index contributed by atoms with van der Waals surface area (Å²) in [4.78, 5) is 52.9. The van der Waals surface area contributed by atoms with Crippen molar-refractivity contribution in [2.24, 2.45) is 5.73 Å². The summed E-state index contributed by atoms with van der Waals surface area (Å²) >= 11 is 0. The highest BCUT2D eigenvalue weighted by Gasteiger charge is 2.35. The Hall–Kier alpha value is -3.88. The normalized spacial score (nSPS) is 12.7. The first-order valence-corrected chi connectivity index (χ1v) is 12.6. The van der Waals surface area contributed by atoms with Crippen molar-refractivity contribution in [2.45, 2.75) is 79.0 Å². The maximum Gasteiger partial charge on any atom is 0.408 e. The van der Waals surface area contributed by atoms with Crippen LogP contribution in [0.1, 0.15) is 67.5 Å². The summed E-state index contributed by atoms with van der Waals surface area (Å²) in [6, 6.07) is 9.19. The average Bonchev–Trinajstić information content (AvgIpc) is 2.78. The zero-order valence-corrected chi connectivity index (χ0v) is 23.6. The predicted molar refractivity (Wildman–Crippen MR) is 148 cm³/mol. The van der Waals surface area contributed by atoms with Gasteiger partial charge in [-0.2, -0.15) is 0 Å². The van der Waals surface area contributed by atoms with Crippen LogP contribution in [-0.2, 0) is 19.1 Å². The van der Waals surface area contributed by atoms with E-state index >= 15 is 0 Å². The first-order valence-electron chi connectivity index (χ1n) is 12.6. The maximum absolute atomic E-state index is 13.8. The number of amides is 4. The fourth-order valence-corrected chi connectivity index (χ4v) is 4.23. The molecule has 9 nitrogen and oxygen atoms in total. The molecular weight excluding hydrogens is 484 g/mol. The van der Waals surface area contributed by atoms with E-state index in [1.54, 1.807) is 20.8 Å². The van der Waals surface area contributed by atoms with E-state index in [9.17, 15) is 19.2 Å². The van der Waals surface area contributed by atoms with E-state index in [2.05, 4.69) is 10.6 Å². The Morgan fingerprint density at radius 1 is 0.974 bits per heavy atom. The van der Waals surface area contributed by atoms with Crippen LogP contribution in [0.3, 0.4) is 0 Å². The monoisotopic (exact) mass is 524 g/mol. The van der Waals surface area contributed by atoms with E-state index in [0.717, 1.165) is 22.3 Å². The number of carbonyl (C=O) groups is 4. The van der Waals surface area contributed by atoms with Gasteiger partial charge in [0.1, 0.15) is 17.7 Å². The van der Waals surface area contributed by atoms with Crippen LogP contribution >= 0.6 is 0 Å². The lowest BCUT2D eigenvalue weighted by Gasteiger charge is -2.32. The lowest BCUT2D eigenvalue weighted by Crippen LogP contribution is -2.51. The largest absolute Gasteiger partial charge is 0.444 e. The first-order chi connectivity index (χ1) is 17.6. The highest BCUT2D eigenvalue weighted by Crippen LogP contribution is 2.28. The molecule has 9 heteroatoms. The van der Waals surface area contributed by atoms with Gasteiger partial charge in [-0.05, 0) is 77.1 Å². The summed E-state index contributed by atoms with van der Waals surface area (Å²) in [5.74, 6) is -1.58. The minimum Gasteiger partial charge on any atom is -0.444 e. The SMILES string of the molecule is Cc1ccc(C(C(=O)Nc2c(C)cccc2C)N(C)C(=O)C(CCC(N)=O)NC(=O)OC(C)(C)C)c(C)c1. The average molecular weight is 525 g/mol. The van der Waals surface area contributed by atoms with E-state index < -0.39 is 41.5 Å². The molecule has 2 rings (SSSR count). The van der Waals surface area contributed by atoms with Gasteiger partial charge in [-0.3, -0.25) is 14.4 Å². The van der Waals surface area contributed by atoms with E-state index in [0.29, 0.717) is 11.3 Å². The van der Waals surface area contributed by atoms with Crippen molar-refractivity contribution in [2.75, 3.05) is 12.4 Å². The molecule has 0 saturated heterocycles. The first kappa shape index (κ1) is 30.3. The number of nitrogens with one attached hydrogen (secondary N) is 2. The van der Waals surface area contributed by atoms with Crippen LogP contribution in [0, 0.1) is 27.7 Å². The van der Waals surface area contributed by atoms with Crippen LogP contribution < -0.4 is 16.4 Å². The van der Waals surface area contributed by atoms with Gasteiger partial charge in [0.05, 0.1) is 0 Å². The van der Waals surface area contributed by atoms with Crippen molar-refractivity contribution in [3.63, 3.8) is 0 Å². The minimum atomic E-state index is -1.14. The fourth-order valence-electron chi connectivity index (χ4n) is 4.23. The van der Waals surface area contributed by atoms with E-state index in [1.807, 2.05) is 64.1 Å². The van der Waals surface area contributed by atoms with Crippen LogP contribution in [0.5, 0.6) is 0 Å². The lowest BCUT2D eigenvalue weighted by atomic mass is 9.96. The Morgan fingerprint density at radius 2 is 1.58 bits per heavy atom. The van der Waals surface area contributed by atoms with Crippen molar-refractivity contribution in [1.82, 2.24) is 10.2 Å². The van der Waals surface area contributed by atoms with Gasteiger partial charge in [-0.1, -0.05) is 42.0 Å². The number of aryl methyl sites for hydroxylation is 4. The third kappa shape index (κ3) is 8.33. The zero-order chi connectivity index (χ0) is 28.8. The number of benzene rings is 2. The van der Waals surface area contributed by atoms with Crippen molar-refractivity contribution in [1.29, 1.82) is 0 Å². The molecular formula is C29H40N4O5. The summed E-state index contributed by atoms with van der Waals surface area (Å²) < 4.78 is 5.32. The summed E-state index contributed by atoms with van der Waals surface area (Å²) in [5.41, 5.74) is 9.47. The molecule has 0 spiro atoms. The third-order valence-corrected chi connectivity index (χ3v) is 6.10. The van der Waals surface area contributed by atoms with Crippen LogP contribution in [0.25, 0.3) is 0 Å². The van der Waals surface area contributed by atoms with Crippen molar-refractivity contribution >= 4 is 29.5 Å². The predicted octanol–water partition coefficient (Wildman–Crippen LogP) is 4.22. The Balaban J connectivity index is 2.48. The Labute approximate surface area is 225 Å². The number of carbonyl (C=O) groups excluding carboxylic acids is 4. The number of rotatable bonds is 9. The van der Waals surface area contributed by atoms with Gasteiger partial charge in [0.25, 0.3) is 5.91 Å². The number of hydrogen-bond donors (Lipinski definition) is 3. The van der Waals surface area contributed by atoms with Gasteiger partial charge in [0, 0.05) is 19.2 Å². The number of hydrogen-bond acceptors (Lipinski definition) is 5. The number of para-hydroxylation sites is 1. The highest BCUT2D eigenvalue weighted by atomic mass is 16.6. The number of anilines is 1. The van der Waals surface area contributed by atoms with Crippen LogP contribution in [-0.4, -0.2) is 47.4 Å². The fraction of sp³-hybridized carbons (Fsp3) is 0.448. The lowest BCUT2D eigenvalue weighted by molar-refractivity contribution is -0.139. The van der Waals surface area contributed by atoms with Crippen molar-refractivity contribution < 1.29 is 23.9 Å². The topological polar surface area (TPSA) is 131 Å². The van der Waals surface area contributed by atoms with E-state index in [4.69, 9.17) is 10.5 Å². The van der Waals surface area contributed by atoms with Crippen LogP contribution in [0.4, 0.5) is 10.5 Å². The molecule has 0 aliphatic heterocycles. The number of alkyl carbamates (subject to hydrolysis) is 1. The molecule has 4 amide bonds. The Bertz CT molecular complexity index is 1180. The molecule has 0 saturated carbocycles. The second-order valence-corrected chi connectivity index (χ2v) is 10.7. The highest BCUT2D eigenvalue weighted by molar-refractivity contribution is 6.00. The molecule has 0 aliphatic carbocycles. The third-order valence-electron chi connectivity index (χ3n) is 6.10. The van der Waals surface area contributed by atoms with Gasteiger partial charge in [-0.15, -0.1) is 0 Å². The maximum atomic E-state index is 13.8. The summed E-state index contributed by atoms with van der Waals surface area (Å²) in [6.07, 6.45) is -0.990. The molecule has 206 valence electrons. The van der Waals surface area contributed by atoms with Gasteiger partial charge < -0.3 is 26.0 Å². The van der Waals surface area contributed by atoms with Gasteiger partial charge in [0.2, 0.25) is 11.8 Å². The Morgan fingerprint density at radius 3 is 2.11 bits per heavy atom. The number of ether oxygens (including phenoxy) is 1. The van der Waals surface area contributed by atoms with Gasteiger partial charge >= 0.3 is 6.09 Å². The molecule has 2 aromatic carbocycles. The molecule has 2 aromatic rings. The second kappa shape index (κ2) is 12.6. The number of nitrogens with two attached hydrogens (primary N) is 1. The molecule has 0 fully saturated rings. The zero-order valence-electron chi connectivity index (χ0n) is 23.6. The van der Waals surface area contributed by atoms with Crippen molar-refractivity contribution in [3.8, 4) is 0 Å².